The summed E-state index contributed by atoms with van der Waals surface area (Å²) in [6.45, 7) is 3.33. The van der Waals surface area contributed by atoms with Gasteiger partial charge in [-0.05, 0) is 68.5 Å². The molecule has 0 saturated carbocycles. The molecule has 9 heteroatoms. The predicted octanol–water partition coefficient (Wildman–Crippen LogP) is 5.74. The number of hydrogen-bond acceptors (Lipinski definition) is 3. The van der Waals surface area contributed by atoms with Crippen LogP contribution in [0.1, 0.15) is 46.3 Å². The van der Waals surface area contributed by atoms with Crippen LogP contribution in [0.5, 0.6) is 0 Å². The molecule has 0 radical (unpaired) electrons. The van der Waals surface area contributed by atoms with E-state index >= 15 is 0 Å². The summed E-state index contributed by atoms with van der Waals surface area (Å²) in [6, 6.07) is 7.43. The minimum atomic E-state index is -4.56. The third-order valence-electron chi connectivity index (χ3n) is 7.13. The Balaban J connectivity index is 1.68. The molecule has 196 valence electrons. The van der Waals surface area contributed by atoms with Crippen LogP contribution < -0.4 is 11.1 Å². The molecule has 5 nitrogen and oxygen atoms in total. The lowest BCUT2D eigenvalue weighted by Gasteiger charge is -2.44. The number of alkyl halides is 3. The minimum absolute atomic E-state index is 0.0263. The zero-order valence-electron chi connectivity index (χ0n) is 20.6. The lowest BCUT2D eigenvalue weighted by atomic mass is 9.77. The monoisotopic (exact) mass is 515 g/mol. The first-order chi connectivity index (χ1) is 17.5. The summed E-state index contributed by atoms with van der Waals surface area (Å²) >= 11 is 0. The zero-order valence-corrected chi connectivity index (χ0v) is 20.6. The molecule has 0 bridgehead atoms. The Kier molecular flexibility index (Phi) is 7.43. The van der Waals surface area contributed by atoms with Gasteiger partial charge in [-0.3, -0.25) is 9.59 Å². The Bertz CT molecular complexity index is 1250. The van der Waals surface area contributed by atoms with Crippen molar-refractivity contribution in [2.75, 3.05) is 11.9 Å². The van der Waals surface area contributed by atoms with Crippen molar-refractivity contribution in [1.82, 2.24) is 4.90 Å². The number of amides is 2. The van der Waals surface area contributed by atoms with E-state index in [9.17, 15) is 27.2 Å². The number of likely N-dealkylation sites (tertiary alicyclic amines) is 1. The number of aryl methyl sites for hydroxylation is 2. The Morgan fingerprint density at radius 2 is 1.86 bits per heavy atom. The molecule has 1 heterocycles. The van der Waals surface area contributed by atoms with E-state index in [2.05, 4.69) is 5.32 Å². The maximum absolute atomic E-state index is 14.7. The molecule has 2 aromatic rings. The maximum Gasteiger partial charge on any atom is 0.416 e. The number of nitrogens with two attached hydrogens (primary N) is 1. The van der Waals surface area contributed by atoms with Crippen LogP contribution in [-0.4, -0.2) is 29.3 Å². The lowest BCUT2D eigenvalue weighted by Crippen LogP contribution is -2.55. The second kappa shape index (κ2) is 10.4. The third-order valence-corrected chi connectivity index (χ3v) is 7.13. The van der Waals surface area contributed by atoms with Gasteiger partial charge in [-0.15, -0.1) is 0 Å². The van der Waals surface area contributed by atoms with Crippen LogP contribution >= 0.6 is 0 Å². The summed E-state index contributed by atoms with van der Waals surface area (Å²) in [5, 5.41) is 2.64. The Labute approximate surface area is 213 Å². The summed E-state index contributed by atoms with van der Waals surface area (Å²) < 4.78 is 55.0. The summed E-state index contributed by atoms with van der Waals surface area (Å²) in [7, 11) is 0. The van der Waals surface area contributed by atoms with E-state index < -0.39 is 41.3 Å². The quantitative estimate of drug-likeness (QED) is 0.510. The normalized spacial score (nSPS) is 21.9. The van der Waals surface area contributed by atoms with Crippen LogP contribution in [0, 0.1) is 31.5 Å². The zero-order chi connectivity index (χ0) is 26.9. The van der Waals surface area contributed by atoms with Crippen molar-refractivity contribution >= 4 is 17.5 Å². The van der Waals surface area contributed by atoms with Crippen LogP contribution in [0.15, 0.2) is 60.3 Å². The molecule has 0 aromatic heterocycles. The molecule has 1 aliphatic carbocycles. The smallest absolute Gasteiger partial charge is 0.399 e. The molecule has 0 spiro atoms. The van der Waals surface area contributed by atoms with E-state index in [1.165, 1.54) is 31.2 Å². The van der Waals surface area contributed by atoms with Gasteiger partial charge in [0, 0.05) is 23.8 Å². The van der Waals surface area contributed by atoms with Crippen molar-refractivity contribution in [3.05, 3.63) is 88.4 Å². The average molecular weight is 516 g/mol. The van der Waals surface area contributed by atoms with E-state index in [4.69, 9.17) is 5.73 Å². The predicted molar refractivity (Wildman–Crippen MR) is 133 cm³/mol. The van der Waals surface area contributed by atoms with Crippen molar-refractivity contribution < 1.29 is 27.2 Å². The number of halogens is 4. The second-order valence-electron chi connectivity index (χ2n) is 9.65. The van der Waals surface area contributed by atoms with E-state index in [0.717, 1.165) is 6.07 Å². The first-order valence-corrected chi connectivity index (χ1v) is 12.2. The third kappa shape index (κ3) is 5.55. The number of rotatable bonds is 4. The van der Waals surface area contributed by atoms with Crippen LogP contribution in [0.4, 0.5) is 23.2 Å². The van der Waals surface area contributed by atoms with Crippen molar-refractivity contribution in [1.29, 1.82) is 0 Å². The fourth-order valence-corrected chi connectivity index (χ4v) is 5.26. The average Bonchev–Trinajstić information content (AvgIpc) is 2.84. The highest BCUT2D eigenvalue weighted by atomic mass is 19.4. The summed E-state index contributed by atoms with van der Waals surface area (Å²) in [6.07, 6.45) is 2.19. The van der Waals surface area contributed by atoms with Gasteiger partial charge >= 0.3 is 6.18 Å². The highest BCUT2D eigenvalue weighted by Gasteiger charge is 2.43. The molecule has 4 rings (SSSR count). The number of benzene rings is 2. The van der Waals surface area contributed by atoms with E-state index in [1.54, 1.807) is 30.0 Å². The molecular weight excluding hydrogens is 486 g/mol. The van der Waals surface area contributed by atoms with Crippen molar-refractivity contribution in [3.63, 3.8) is 0 Å². The van der Waals surface area contributed by atoms with Gasteiger partial charge in [0.15, 0.2) is 0 Å². The van der Waals surface area contributed by atoms with Crippen LogP contribution in [0.3, 0.4) is 0 Å². The van der Waals surface area contributed by atoms with Gasteiger partial charge in [0.2, 0.25) is 5.91 Å². The minimum Gasteiger partial charge on any atom is -0.399 e. The fourth-order valence-electron chi connectivity index (χ4n) is 5.26. The molecule has 3 N–H and O–H groups in total. The van der Waals surface area contributed by atoms with Crippen molar-refractivity contribution in [3.8, 4) is 0 Å². The SMILES string of the molecule is Cc1ccc(NC(=O)[C@H]2CCCN(C(=O)c3c(C)cccc3F)[C@H]2C2C=CC(N)=CC2)cc1C(F)(F)F. The summed E-state index contributed by atoms with van der Waals surface area (Å²) in [5.41, 5.74) is 6.14. The van der Waals surface area contributed by atoms with Gasteiger partial charge in [0.25, 0.3) is 5.91 Å². The van der Waals surface area contributed by atoms with Crippen molar-refractivity contribution in [2.24, 2.45) is 17.6 Å². The highest BCUT2D eigenvalue weighted by molar-refractivity contribution is 5.98. The maximum atomic E-state index is 14.7. The number of nitrogens with zero attached hydrogens (tertiary/aromatic N) is 1. The Hall–Kier alpha value is -3.62. The lowest BCUT2D eigenvalue weighted by molar-refractivity contribution is -0.138. The number of nitrogens with one attached hydrogen (secondary N) is 1. The van der Waals surface area contributed by atoms with Gasteiger partial charge in [-0.25, -0.2) is 4.39 Å². The highest BCUT2D eigenvalue weighted by Crippen LogP contribution is 2.37. The van der Waals surface area contributed by atoms with Gasteiger partial charge in [-0.2, -0.15) is 13.2 Å². The number of anilines is 1. The second-order valence-corrected chi connectivity index (χ2v) is 9.65. The number of carbonyl (C=O) groups is 2. The molecule has 1 aliphatic heterocycles. The van der Waals surface area contributed by atoms with E-state index in [-0.39, 0.29) is 22.7 Å². The Morgan fingerprint density at radius 1 is 1.11 bits per heavy atom. The molecule has 1 unspecified atom stereocenters. The number of allylic oxidation sites excluding steroid dienone is 2. The molecule has 37 heavy (non-hydrogen) atoms. The Morgan fingerprint density at radius 3 is 2.51 bits per heavy atom. The molecule has 1 saturated heterocycles. The number of carbonyl (C=O) groups excluding carboxylic acids is 2. The number of piperidine rings is 1. The van der Waals surface area contributed by atoms with Crippen LogP contribution in [0.2, 0.25) is 0 Å². The topological polar surface area (TPSA) is 75.4 Å². The molecule has 2 aliphatic rings. The molecule has 3 atom stereocenters. The standard InChI is InChI=1S/C28H29F4N3O2/c1-16-8-13-20(15-22(16)28(30,31)32)34-26(36)21-6-4-14-35(25(21)18-9-11-19(33)12-10-18)27(37)24-17(2)5-3-7-23(24)29/h3,5,7-9,11-13,15,18,21,25H,4,6,10,14,33H2,1-2H3,(H,34,36)/t18?,21-,25-/m0/s1. The first kappa shape index (κ1) is 26.4. The van der Waals surface area contributed by atoms with Gasteiger partial charge in [0.05, 0.1) is 23.1 Å². The van der Waals surface area contributed by atoms with Gasteiger partial charge < -0.3 is 16.0 Å². The van der Waals surface area contributed by atoms with E-state index in [0.29, 0.717) is 37.1 Å². The van der Waals surface area contributed by atoms with Gasteiger partial charge in [-0.1, -0.05) is 30.4 Å². The molecule has 2 aromatic carbocycles. The number of hydrogen-bond donors (Lipinski definition) is 2. The van der Waals surface area contributed by atoms with Crippen LogP contribution in [-0.2, 0) is 11.0 Å². The summed E-state index contributed by atoms with van der Waals surface area (Å²) in [5.74, 6) is -2.63. The van der Waals surface area contributed by atoms with Crippen LogP contribution in [0.25, 0.3) is 0 Å². The van der Waals surface area contributed by atoms with Crippen molar-refractivity contribution in [2.45, 2.75) is 45.3 Å². The molecule has 1 fully saturated rings. The largest absolute Gasteiger partial charge is 0.416 e. The first-order valence-electron chi connectivity index (χ1n) is 12.2. The van der Waals surface area contributed by atoms with E-state index in [1.807, 2.05) is 6.08 Å². The molecular formula is C28H29F4N3O2. The van der Waals surface area contributed by atoms with Gasteiger partial charge in [0.1, 0.15) is 5.82 Å². The fraction of sp³-hybridized carbons (Fsp3) is 0.357. The summed E-state index contributed by atoms with van der Waals surface area (Å²) in [4.78, 5) is 28.7. The molecule has 2 amide bonds.